The molecule has 1 amide bonds. The number of hydrogen-bond donors (Lipinski definition) is 1. The predicted molar refractivity (Wildman–Crippen MR) is 100 cm³/mol. The molecule has 1 atom stereocenters. The monoisotopic (exact) mass is 348 g/mol. The van der Waals surface area contributed by atoms with Crippen LogP contribution in [0.4, 0.5) is 0 Å². The highest BCUT2D eigenvalue weighted by atomic mass is 16.5. The number of benzene rings is 1. The molecule has 1 aromatic rings. The largest absolute Gasteiger partial charge is 0.483 e. The summed E-state index contributed by atoms with van der Waals surface area (Å²) in [6.07, 6.45) is 1.04. The smallest absolute Gasteiger partial charge is 0.258 e. The van der Waals surface area contributed by atoms with Gasteiger partial charge in [-0.05, 0) is 37.8 Å². The van der Waals surface area contributed by atoms with Crippen molar-refractivity contribution in [3.05, 3.63) is 29.8 Å². The summed E-state index contributed by atoms with van der Waals surface area (Å²) in [5, 5.41) is 3.01. The summed E-state index contributed by atoms with van der Waals surface area (Å²) >= 11 is 0. The second kappa shape index (κ2) is 9.20. The van der Waals surface area contributed by atoms with Crippen LogP contribution < -0.4 is 10.1 Å². The Hall–Kier alpha value is -1.59. The molecule has 1 saturated heterocycles. The third-order valence-electron chi connectivity index (χ3n) is 5.01. The topological polar surface area (TPSA) is 50.8 Å². The van der Waals surface area contributed by atoms with E-state index in [0.717, 1.165) is 44.0 Å². The number of carbonyl (C=O) groups is 1. The van der Waals surface area contributed by atoms with Crippen LogP contribution in [-0.4, -0.2) is 55.8 Å². The van der Waals surface area contributed by atoms with Crippen molar-refractivity contribution in [2.45, 2.75) is 45.6 Å². The van der Waals surface area contributed by atoms with Crippen LogP contribution in [0.5, 0.6) is 5.75 Å². The average molecular weight is 348 g/mol. The minimum Gasteiger partial charge on any atom is -0.483 e. The normalized spacial score (nSPS) is 17.1. The first-order chi connectivity index (χ1) is 11.9. The number of ether oxygens (including phenoxy) is 2. The van der Waals surface area contributed by atoms with Crippen LogP contribution in [-0.2, 0) is 9.53 Å². The number of hydrogen-bond acceptors (Lipinski definition) is 4. The van der Waals surface area contributed by atoms with E-state index in [1.54, 1.807) is 0 Å². The second-order valence-corrected chi connectivity index (χ2v) is 7.32. The minimum absolute atomic E-state index is 0.0483. The molecule has 5 nitrogen and oxygen atoms in total. The lowest BCUT2D eigenvalue weighted by molar-refractivity contribution is -0.123. The van der Waals surface area contributed by atoms with E-state index < -0.39 is 0 Å². The Kier molecular flexibility index (Phi) is 7.26. The molecular weight excluding hydrogens is 316 g/mol. The third-order valence-corrected chi connectivity index (χ3v) is 5.01. The fraction of sp³-hybridized carbons (Fsp3) is 0.650. The first kappa shape index (κ1) is 19.7. The van der Waals surface area contributed by atoms with Crippen molar-refractivity contribution in [3.8, 4) is 5.75 Å². The highest BCUT2D eigenvalue weighted by molar-refractivity contribution is 5.77. The van der Waals surface area contributed by atoms with Gasteiger partial charge in [0.25, 0.3) is 5.91 Å². The molecule has 140 valence electrons. The average Bonchev–Trinajstić information content (AvgIpc) is 2.65. The van der Waals surface area contributed by atoms with E-state index in [9.17, 15) is 4.79 Å². The summed E-state index contributed by atoms with van der Waals surface area (Å²) in [5.41, 5.74) is 1.07. The molecule has 0 bridgehead atoms. The fourth-order valence-electron chi connectivity index (χ4n) is 3.03. The van der Waals surface area contributed by atoms with Crippen LogP contribution in [0, 0.1) is 0 Å². The number of nitrogens with one attached hydrogen (secondary N) is 1. The molecule has 0 saturated carbocycles. The van der Waals surface area contributed by atoms with Crippen LogP contribution >= 0.6 is 0 Å². The predicted octanol–water partition coefficient (Wildman–Crippen LogP) is 2.81. The fourth-order valence-corrected chi connectivity index (χ4v) is 3.03. The number of carbonyl (C=O) groups excluding carboxylic acids is 1. The molecule has 0 radical (unpaired) electrons. The van der Waals surface area contributed by atoms with Gasteiger partial charge in [0.15, 0.2) is 6.61 Å². The summed E-state index contributed by atoms with van der Waals surface area (Å²) in [6, 6.07) is 7.97. The molecule has 0 aliphatic carbocycles. The molecule has 1 N–H and O–H groups in total. The van der Waals surface area contributed by atoms with E-state index in [-0.39, 0.29) is 18.1 Å². The van der Waals surface area contributed by atoms with Gasteiger partial charge in [0.2, 0.25) is 0 Å². The summed E-state index contributed by atoms with van der Waals surface area (Å²) in [7, 11) is 0. The Morgan fingerprint density at radius 1 is 1.32 bits per heavy atom. The first-order valence-electron chi connectivity index (χ1n) is 9.25. The SMILES string of the molecule is CCC(C)c1ccccc1OCC(=O)NCC(C)(C)N1CCOCC1. The first-order valence-corrected chi connectivity index (χ1v) is 9.25. The van der Waals surface area contributed by atoms with E-state index >= 15 is 0 Å². The van der Waals surface area contributed by atoms with Gasteiger partial charge < -0.3 is 14.8 Å². The highest BCUT2D eigenvalue weighted by Gasteiger charge is 2.28. The van der Waals surface area contributed by atoms with Crippen LogP contribution in [0.1, 0.15) is 45.6 Å². The summed E-state index contributed by atoms with van der Waals surface area (Å²) in [4.78, 5) is 14.6. The van der Waals surface area contributed by atoms with E-state index in [0.29, 0.717) is 12.5 Å². The lowest BCUT2D eigenvalue weighted by Gasteiger charge is -2.40. The van der Waals surface area contributed by atoms with Gasteiger partial charge in [-0.3, -0.25) is 9.69 Å². The maximum Gasteiger partial charge on any atom is 0.258 e. The van der Waals surface area contributed by atoms with Crippen molar-refractivity contribution in [3.63, 3.8) is 0 Å². The quantitative estimate of drug-likeness (QED) is 0.785. The van der Waals surface area contributed by atoms with E-state index in [2.05, 4.69) is 44.0 Å². The number of para-hydroxylation sites is 1. The molecular formula is C20H32N2O3. The molecule has 0 aromatic heterocycles. The van der Waals surface area contributed by atoms with Crippen molar-refractivity contribution in [2.24, 2.45) is 0 Å². The van der Waals surface area contributed by atoms with Crippen LogP contribution in [0.25, 0.3) is 0 Å². The molecule has 2 rings (SSSR count). The van der Waals surface area contributed by atoms with E-state index in [1.165, 1.54) is 0 Å². The van der Waals surface area contributed by atoms with Crippen molar-refractivity contribution in [1.82, 2.24) is 10.2 Å². The minimum atomic E-state index is -0.0892. The lowest BCUT2D eigenvalue weighted by atomic mass is 9.98. The molecule has 25 heavy (non-hydrogen) atoms. The molecule has 1 fully saturated rings. The van der Waals surface area contributed by atoms with E-state index in [1.807, 2.05) is 18.2 Å². The van der Waals surface area contributed by atoms with Crippen molar-refractivity contribution < 1.29 is 14.3 Å². The molecule has 1 aliphatic heterocycles. The molecule has 1 unspecified atom stereocenters. The zero-order valence-corrected chi connectivity index (χ0v) is 16.0. The zero-order valence-electron chi connectivity index (χ0n) is 16.0. The molecule has 5 heteroatoms. The summed E-state index contributed by atoms with van der Waals surface area (Å²) in [6.45, 7) is 12.6. The molecule has 1 heterocycles. The van der Waals surface area contributed by atoms with Gasteiger partial charge in [0.1, 0.15) is 5.75 Å². The Morgan fingerprint density at radius 3 is 2.68 bits per heavy atom. The maximum absolute atomic E-state index is 12.2. The summed E-state index contributed by atoms with van der Waals surface area (Å²) in [5.74, 6) is 1.14. The Balaban J connectivity index is 1.83. The number of rotatable bonds is 8. The molecule has 0 spiro atoms. The Morgan fingerprint density at radius 2 is 2.00 bits per heavy atom. The lowest BCUT2D eigenvalue weighted by Crippen LogP contribution is -2.55. The highest BCUT2D eigenvalue weighted by Crippen LogP contribution is 2.28. The number of nitrogens with zero attached hydrogens (tertiary/aromatic N) is 1. The van der Waals surface area contributed by atoms with Crippen molar-refractivity contribution in [2.75, 3.05) is 39.5 Å². The maximum atomic E-state index is 12.2. The van der Waals surface area contributed by atoms with Gasteiger partial charge in [-0.2, -0.15) is 0 Å². The van der Waals surface area contributed by atoms with E-state index in [4.69, 9.17) is 9.47 Å². The van der Waals surface area contributed by atoms with Gasteiger partial charge in [0.05, 0.1) is 13.2 Å². The Bertz CT molecular complexity index is 554. The van der Waals surface area contributed by atoms with Crippen LogP contribution in [0.2, 0.25) is 0 Å². The standard InChI is InChI=1S/C20H32N2O3/c1-5-16(2)17-8-6-7-9-18(17)25-14-19(23)21-15-20(3,4)22-10-12-24-13-11-22/h6-9,16H,5,10-15H2,1-4H3,(H,21,23). The van der Waals surface area contributed by atoms with Crippen molar-refractivity contribution >= 4 is 5.91 Å². The van der Waals surface area contributed by atoms with Crippen LogP contribution in [0.3, 0.4) is 0 Å². The van der Waals surface area contributed by atoms with Gasteiger partial charge in [0, 0.05) is 25.2 Å². The molecule has 1 aromatic carbocycles. The van der Waals surface area contributed by atoms with Gasteiger partial charge in [-0.25, -0.2) is 0 Å². The third kappa shape index (κ3) is 5.72. The van der Waals surface area contributed by atoms with Crippen LogP contribution in [0.15, 0.2) is 24.3 Å². The van der Waals surface area contributed by atoms with Gasteiger partial charge >= 0.3 is 0 Å². The Labute approximate surface area is 151 Å². The zero-order chi connectivity index (χ0) is 18.3. The second-order valence-electron chi connectivity index (χ2n) is 7.32. The molecule has 1 aliphatic rings. The van der Waals surface area contributed by atoms with Crippen molar-refractivity contribution in [1.29, 1.82) is 0 Å². The number of morpholine rings is 1. The summed E-state index contributed by atoms with van der Waals surface area (Å²) < 4.78 is 11.2. The van der Waals surface area contributed by atoms with Gasteiger partial charge in [-0.1, -0.05) is 32.0 Å². The number of amides is 1. The van der Waals surface area contributed by atoms with Gasteiger partial charge in [-0.15, -0.1) is 0 Å².